The van der Waals surface area contributed by atoms with Crippen molar-refractivity contribution in [2.75, 3.05) is 47.1 Å². The highest BCUT2D eigenvalue weighted by Crippen LogP contribution is 2.13. The van der Waals surface area contributed by atoms with Crippen LogP contribution >= 0.6 is 24.0 Å². The third-order valence-electron chi connectivity index (χ3n) is 3.31. The summed E-state index contributed by atoms with van der Waals surface area (Å²) in [5, 5.41) is 6.58. The van der Waals surface area contributed by atoms with E-state index >= 15 is 0 Å². The summed E-state index contributed by atoms with van der Waals surface area (Å²) in [6.45, 7) is 6.44. The lowest BCUT2D eigenvalue weighted by Gasteiger charge is -2.13. The molecule has 6 nitrogen and oxygen atoms in total. The van der Waals surface area contributed by atoms with Crippen LogP contribution in [0.5, 0.6) is 5.75 Å². The Morgan fingerprint density at radius 3 is 2.68 bits per heavy atom. The largest absolute Gasteiger partial charge is 0.493 e. The second-order valence-corrected chi connectivity index (χ2v) is 5.25. The monoisotopic (exact) mass is 465 g/mol. The summed E-state index contributed by atoms with van der Waals surface area (Å²) < 4.78 is 16.1. The van der Waals surface area contributed by atoms with Gasteiger partial charge in [-0.25, -0.2) is 0 Å². The molecule has 0 heterocycles. The Hall–Kier alpha value is -1.06. The fourth-order valence-corrected chi connectivity index (χ4v) is 2.07. The van der Waals surface area contributed by atoms with E-state index in [0.717, 1.165) is 49.9 Å². The molecule has 0 aliphatic rings. The summed E-state index contributed by atoms with van der Waals surface area (Å²) in [7, 11) is 3.47. The summed E-state index contributed by atoms with van der Waals surface area (Å²) in [4.78, 5) is 4.22. The van der Waals surface area contributed by atoms with Crippen LogP contribution in [-0.2, 0) is 16.0 Å². The molecule has 7 heteroatoms. The number of halogens is 1. The topological polar surface area (TPSA) is 64.1 Å². The molecule has 0 amide bonds. The Labute approximate surface area is 168 Å². The van der Waals surface area contributed by atoms with Crippen molar-refractivity contribution in [2.24, 2.45) is 4.99 Å². The molecule has 1 rings (SSSR count). The van der Waals surface area contributed by atoms with Gasteiger partial charge in [-0.2, -0.15) is 0 Å². The second kappa shape index (κ2) is 16.4. The Kier molecular flexibility index (Phi) is 15.7. The number of aliphatic imine (C=N–C) groups is 1. The van der Waals surface area contributed by atoms with Gasteiger partial charge in [-0.1, -0.05) is 12.1 Å². The zero-order valence-electron chi connectivity index (χ0n) is 15.5. The Balaban J connectivity index is 0.00000576. The zero-order valence-corrected chi connectivity index (χ0v) is 17.9. The predicted octanol–water partition coefficient (Wildman–Crippen LogP) is 2.81. The summed E-state index contributed by atoms with van der Waals surface area (Å²) in [5.74, 6) is 1.67. The molecule has 1 aromatic rings. The van der Waals surface area contributed by atoms with Crippen molar-refractivity contribution in [3.63, 3.8) is 0 Å². The first-order chi connectivity index (χ1) is 11.8. The van der Waals surface area contributed by atoms with E-state index in [0.29, 0.717) is 19.8 Å². The molecule has 0 atom stereocenters. The second-order valence-electron chi connectivity index (χ2n) is 5.25. The molecule has 0 radical (unpaired) electrons. The fraction of sp³-hybridized carbons (Fsp3) is 0.611. The van der Waals surface area contributed by atoms with Gasteiger partial charge in [0.2, 0.25) is 0 Å². The van der Waals surface area contributed by atoms with E-state index in [9.17, 15) is 0 Å². The SMILES string of the molecule is CCOCCCNC(=NC)NCc1cccc(OCCCOC)c1.I. The highest BCUT2D eigenvalue weighted by molar-refractivity contribution is 14.0. The normalized spacial score (nSPS) is 10.9. The first-order valence-corrected chi connectivity index (χ1v) is 8.53. The Bertz CT molecular complexity index is 473. The van der Waals surface area contributed by atoms with E-state index in [1.54, 1.807) is 14.2 Å². The third-order valence-corrected chi connectivity index (χ3v) is 3.31. The van der Waals surface area contributed by atoms with Gasteiger partial charge >= 0.3 is 0 Å². The van der Waals surface area contributed by atoms with Crippen molar-refractivity contribution in [2.45, 2.75) is 26.3 Å². The molecule has 0 saturated carbocycles. The van der Waals surface area contributed by atoms with Crippen LogP contribution in [0.15, 0.2) is 29.3 Å². The van der Waals surface area contributed by atoms with Gasteiger partial charge in [0.25, 0.3) is 0 Å². The molecule has 0 aliphatic carbocycles. The molecule has 144 valence electrons. The number of guanidine groups is 1. The van der Waals surface area contributed by atoms with Gasteiger partial charge in [-0.3, -0.25) is 4.99 Å². The molecular formula is C18H32IN3O3. The van der Waals surface area contributed by atoms with Crippen LogP contribution in [0.4, 0.5) is 0 Å². The Morgan fingerprint density at radius 1 is 1.12 bits per heavy atom. The maximum Gasteiger partial charge on any atom is 0.191 e. The Morgan fingerprint density at radius 2 is 1.96 bits per heavy atom. The minimum atomic E-state index is 0. The first-order valence-electron chi connectivity index (χ1n) is 8.53. The quantitative estimate of drug-likeness (QED) is 0.215. The number of nitrogens with one attached hydrogen (secondary N) is 2. The van der Waals surface area contributed by atoms with Gasteiger partial charge in [0, 0.05) is 53.5 Å². The van der Waals surface area contributed by atoms with Crippen LogP contribution in [0.2, 0.25) is 0 Å². The van der Waals surface area contributed by atoms with E-state index in [1.807, 2.05) is 25.1 Å². The standard InChI is InChI=1S/C18H31N3O3.HI/c1-4-23-12-6-10-20-18(19-2)21-15-16-8-5-9-17(14-16)24-13-7-11-22-3;/h5,8-9,14H,4,6-7,10-13,15H2,1-3H3,(H2,19,20,21);1H. The molecule has 0 unspecified atom stereocenters. The molecule has 25 heavy (non-hydrogen) atoms. The van der Waals surface area contributed by atoms with Crippen LogP contribution in [0, 0.1) is 0 Å². The third kappa shape index (κ3) is 12.0. The highest BCUT2D eigenvalue weighted by atomic mass is 127. The maximum absolute atomic E-state index is 5.72. The van der Waals surface area contributed by atoms with Crippen molar-refractivity contribution in [3.05, 3.63) is 29.8 Å². The van der Waals surface area contributed by atoms with E-state index in [2.05, 4.69) is 21.7 Å². The van der Waals surface area contributed by atoms with Crippen molar-refractivity contribution in [1.82, 2.24) is 10.6 Å². The lowest BCUT2D eigenvalue weighted by Crippen LogP contribution is -2.37. The van der Waals surface area contributed by atoms with Gasteiger partial charge in [-0.05, 0) is 31.0 Å². The van der Waals surface area contributed by atoms with Crippen molar-refractivity contribution >= 4 is 29.9 Å². The average Bonchev–Trinajstić information content (AvgIpc) is 2.61. The van der Waals surface area contributed by atoms with Crippen LogP contribution in [0.25, 0.3) is 0 Å². The fourth-order valence-electron chi connectivity index (χ4n) is 2.07. The minimum absolute atomic E-state index is 0. The number of hydrogen-bond donors (Lipinski definition) is 2. The van der Waals surface area contributed by atoms with E-state index in [1.165, 1.54) is 0 Å². The molecular weight excluding hydrogens is 433 g/mol. The number of hydrogen-bond acceptors (Lipinski definition) is 4. The smallest absolute Gasteiger partial charge is 0.191 e. The lowest BCUT2D eigenvalue weighted by molar-refractivity contribution is 0.145. The molecule has 0 aromatic heterocycles. The minimum Gasteiger partial charge on any atom is -0.493 e. The van der Waals surface area contributed by atoms with Gasteiger partial charge in [-0.15, -0.1) is 24.0 Å². The summed E-state index contributed by atoms with van der Waals surface area (Å²) >= 11 is 0. The molecule has 2 N–H and O–H groups in total. The summed E-state index contributed by atoms with van der Waals surface area (Å²) in [5.41, 5.74) is 1.15. The predicted molar refractivity (Wildman–Crippen MR) is 113 cm³/mol. The number of nitrogens with zero attached hydrogens (tertiary/aromatic N) is 1. The zero-order chi connectivity index (χ0) is 17.5. The van der Waals surface area contributed by atoms with Gasteiger partial charge < -0.3 is 24.8 Å². The van der Waals surface area contributed by atoms with Crippen molar-refractivity contribution in [3.8, 4) is 5.75 Å². The van der Waals surface area contributed by atoms with E-state index < -0.39 is 0 Å². The maximum atomic E-state index is 5.72. The first kappa shape index (κ1) is 23.9. The molecule has 0 aliphatic heterocycles. The molecule has 0 spiro atoms. The summed E-state index contributed by atoms with van der Waals surface area (Å²) in [6.07, 6.45) is 1.84. The number of rotatable bonds is 12. The van der Waals surface area contributed by atoms with Crippen LogP contribution in [-0.4, -0.2) is 53.1 Å². The van der Waals surface area contributed by atoms with E-state index in [-0.39, 0.29) is 24.0 Å². The number of benzene rings is 1. The van der Waals surface area contributed by atoms with Crippen molar-refractivity contribution < 1.29 is 14.2 Å². The van der Waals surface area contributed by atoms with Crippen LogP contribution < -0.4 is 15.4 Å². The molecule has 0 bridgehead atoms. The van der Waals surface area contributed by atoms with Crippen molar-refractivity contribution in [1.29, 1.82) is 0 Å². The van der Waals surface area contributed by atoms with Crippen LogP contribution in [0.3, 0.4) is 0 Å². The molecule has 0 fully saturated rings. The summed E-state index contributed by atoms with van der Waals surface area (Å²) in [6, 6.07) is 8.08. The number of ether oxygens (including phenoxy) is 3. The van der Waals surface area contributed by atoms with Crippen LogP contribution in [0.1, 0.15) is 25.3 Å². The van der Waals surface area contributed by atoms with E-state index in [4.69, 9.17) is 14.2 Å². The van der Waals surface area contributed by atoms with Gasteiger partial charge in [0.15, 0.2) is 5.96 Å². The average molecular weight is 465 g/mol. The van der Waals surface area contributed by atoms with Gasteiger partial charge in [0.05, 0.1) is 6.61 Å². The highest BCUT2D eigenvalue weighted by Gasteiger charge is 2.00. The number of methoxy groups -OCH3 is 1. The molecule has 0 saturated heterocycles. The van der Waals surface area contributed by atoms with Gasteiger partial charge in [0.1, 0.15) is 5.75 Å². The lowest BCUT2D eigenvalue weighted by atomic mass is 10.2. The molecule has 1 aromatic carbocycles.